The fourth-order valence-electron chi connectivity index (χ4n) is 3.50. The molecular weight excluding hydrogens is 328 g/mol. The molecule has 1 aromatic carbocycles. The Kier molecular flexibility index (Phi) is 7.05. The van der Waals surface area contributed by atoms with E-state index in [1.165, 1.54) is 0 Å². The fourth-order valence-corrected chi connectivity index (χ4v) is 3.50. The van der Waals surface area contributed by atoms with Gasteiger partial charge in [0.25, 0.3) is 5.91 Å². The van der Waals surface area contributed by atoms with Crippen molar-refractivity contribution in [3.63, 3.8) is 0 Å². The quantitative estimate of drug-likeness (QED) is 0.778. The third-order valence-electron chi connectivity index (χ3n) is 4.73. The first-order chi connectivity index (χ1) is 12.4. The van der Waals surface area contributed by atoms with Crippen LogP contribution in [0.3, 0.4) is 0 Å². The Labute approximate surface area is 156 Å². The molecule has 0 unspecified atom stereocenters. The van der Waals surface area contributed by atoms with Crippen LogP contribution in [0.1, 0.15) is 58.9 Å². The molecule has 1 N–H and O–H groups in total. The molecule has 0 saturated heterocycles. The number of hydrogen-bond acceptors (Lipinski definition) is 4. The van der Waals surface area contributed by atoms with Gasteiger partial charge in [-0.1, -0.05) is 27.2 Å². The number of benzene rings is 1. The zero-order valence-corrected chi connectivity index (χ0v) is 16.3. The normalized spacial score (nSPS) is 22.7. The van der Waals surface area contributed by atoms with Gasteiger partial charge in [0.05, 0.1) is 17.9 Å². The van der Waals surface area contributed by atoms with Crippen molar-refractivity contribution >= 4 is 11.6 Å². The SMILES string of the molecule is CCO[C@@]1(C(=O)Nc2ccc(OCC(C)C)cc2C#N)CCC[C@H](C)C1. The molecule has 5 nitrogen and oxygen atoms in total. The number of nitrogens with one attached hydrogen (secondary N) is 1. The molecule has 1 fully saturated rings. The second kappa shape index (κ2) is 9.05. The summed E-state index contributed by atoms with van der Waals surface area (Å²) in [5.41, 5.74) is 0.105. The number of anilines is 1. The van der Waals surface area contributed by atoms with Crippen molar-refractivity contribution in [3.8, 4) is 11.8 Å². The maximum Gasteiger partial charge on any atom is 0.256 e. The Balaban J connectivity index is 2.17. The predicted molar refractivity (Wildman–Crippen MR) is 102 cm³/mol. The van der Waals surface area contributed by atoms with Crippen LogP contribution in [-0.4, -0.2) is 24.7 Å². The Morgan fingerprint density at radius 2 is 2.23 bits per heavy atom. The molecule has 1 aromatic rings. The van der Waals surface area contributed by atoms with Gasteiger partial charge in [-0.05, 0) is 56.2 Å². The minimum absolute atomic E-state index is 0.154. The van der Waals surface area contributed by atoms with E-state index in [0.717, 1.165) is 12.8 Å². The number of nitriles is 1. The number of carbonyl (C=O) groups is 1. The zero-order chi connectivity index (χ0) is 19.2. The highest BCUT2D eigenvalue weighted by Crippen LogP contribution is 2.36. The van der Waals surface area contributed by atoms with E-state index in [9.17, 15) is 10.1 Å². The van der Waals surface area contributed by atoms with Gasteiger partial charge < -0.3 is 14.8 Å². The first-order valence-corrected chi connectivity index (χ1v) is 9.52. The molecule has 0 spiro atoms. The lowest BCUT2D eigenvalue weighted by Crippen LogP contribution is -2.48. The molecule has 0 aliphatic heterocycles. The highest BCUT2D eigenvalue weighted by atomic mass is 16.5. The number of amides is 1. The first kappa shape index (κ1) is 20.3. The third kappa shape index (κ3) is 4.98. The summed E-state index contributed by atoms with van der Waals surface area (Å²) in [5.74, 6) is 1.33. The van der Waals surface area contributed by atoms with Gasteiger partial charge in [0, 0.05) is 6.61 Å². The van der Waals surface area contributed by atoms with E-state index in [1.54, 1.807) is 18.2 Å². The molecule has 0 bridgehead atoms. The summed E-state index contributed by atoms with van der Waals surface area (Å²) in [6.07, 6.45) is 3.52. The number of nitrogens with zero attached hydrogens (tertiary/aromatic N) is 1. The van der Waals surface area contributed by atoms with Crippen molar-refractivity contribution in [3.05, 3.63) is 23.8 Å². The van der Waals surface area contributed by atoms with E-state index in [2.05, 4.69) is 32.2 Å². The average molecular weight is 358 g/mol. The van der Waals surface area contributed by atoms with Gasteiger partial charge in [-0.15, -0.1) is 0 Å². The maximum atomic E-state index is 13.0. The highest BCUT2D eigenvalue weighted by molar-refractivity contribution is 5.98. The van der Waals surface area contributed by atoms with Crippen LogP contribution in [0.4, 0.5) is 5.69 Å². The molecule has 5 heteroatoms. The molecule has 142 valence electrons. The monoisotopic (exact) mass is 358 g/mol. The van der Waals surface area contributed by atoms with Gasteiger partial charge in [-0.2, -0.15) is 5.26 Å². The van der Waals surface area contributed by atoms with Crippen LogP contribution in [0, 0.1) is 23.2 Å². The molecule has 0 aromatic heterocycles. The Bertz CT molecular complexity index is 662. The van der Waals surface area contributed by atoms with Crippen LogP contribution < -0.4 is 10.1 Å². The number of hydrogen-bond donors (Lipinski definition) is 1. The lowest BCUT2D eigenvalue weighted by molar-refractivity contribution is -0.147. The molecular formula is C21H30N2O3. The van der Waals surface area contributed by atoms with Gasteiger partial charge >= 0.3 is 0 Å². The Hall–Kier alpha value is -2.06. The lowest BCUT2D eigenvalue weighted by atomic mass is 9.78. The van der Waals surface area contributed by atoms with Gasteiger partial charge in [0.2, 0.25) is 0 Å². The van der Waals surface area contributed by atoms with Crippen LogP contribution in [0.5, 0.6) is 5.75 Å². The van der Waals surface area contributed by atoms with Gasteiger partial charge in [-0.3, -0.25) is 4.79 Å². The minimum atomic E-state index is -0.800. The number of carbonyl (C=O) groups excluding carboxylic acids is 1. The summed E-state index contributed by atoms with van der Waals surface area (Å²) >= 11 is 0. The second-order valence-corrected chi connectivity index (χ2v) is 7.61. The van der Waals surface area contributed by atoms with E-state index >= 15 is 0 Å². The maximum absolute atomic E-state index is 13.0. The third-order valence-corrected chi connectivity index (χ3v) is 4.73. The molecule has 26 heavy (non-hydrogen) atoms. The van der Waals surface area contributed by atoms with Gasteiger partial charge in [0.15, 0.2) is 0 Å². The smallest absolute Gasteiger partial charge is 0.256 e. The van der Waals surface area contributed by atoms with Crippen molar-refractivity contribution < 1.29 is 14.3 Å². The average Bonchev–Trinajstić information content (AvgIpc) is 2.61. The van der Waals surface area contributed by atoms with Crippen LogP contribution in [0.15, 0.2) is 18.2 Å². The van der Waals surface area contributed by atoms with Gasteiger partial charge in [-0.25, -0.2) is 0 Å². The molecule has 1 saturated carbocycles. The zero-order valence-electron chi connectivity index (χ0n) is 16.3. The van der Waals surface area contributed by atoms with Crippen molar-refractivity contribution in [1.29, 1.82) is 5.26 Å². The molecule has 1 aliphatic rings. The molecule has 2 atom stereocenters. The molecule has 1 aliphatic carbocycles. The van der Waals surface area contributed by atoms with Crippen LogP contribution in [-0.2, 0) is 9.53 Å². The molecule has 0 heterocycles. The topological polar surface area (TPSA) is 71.3 Å². The van der Waals surface area contributed by atoms with E-state index in [0.29, 0.717) is 54.9 Å². The summed E-state index contributed by atoms with van der Waals surface area (Å²) < 4.78 is 11.6. The minimum Gasteiger partial charge on any atom is -0.493 e. The highest BCUT2D eigenvalue weighted by Gasteiger charge is 2.42. The Morgan fingerprint density at radius 3 is 2.85 bits per heavy atom. The van der Waals surface area contributed by atoms with Crippen LogP contribution in [0.2, 0.25) is 0 Å². The van der Waals surface area contributed by atoms with E-state index in [-0.39, 0.29) is 5.91 Å². The molecule has 2 rings (SSSR count). The van der Waals surface area contributed by atoms with Crippen molar-refractivity contribution in [2.24, 2.45) is 11.8 Å². The largest absolute Gasteiger partial charge is 0.493 e. The van der Waals surface area contributed by atoms with E-state index < -0.39 is 5.60 Å². The lowest BCUT2D eigenvalue weighted by Gasteiger charge is -2.38. The molecule has 1 amide bonds. The summed E-state index contributed by atoms with van der Waals surface area (Å²) in [4.78, 5) is 13.0. The second-order valence-electron chi connectivity index (χ2n) is 7.61. The van der Waals surface area contributed by atoms with Crippen molar-refractivity contribution in [1.82, 2.24) is 0 Å². The van der Waals surface area contributed by atoms with Crippen molar-refractivity contribution in [2.75, 3.05) is 18.5 Å². The first-order valence-electron chi connectivity index (χ1n) is 9.52. The van der Waals surface area contributed by atoms with Crippen molar-refractivity contribution in [2.45, 2.75) is 59.0 Å². The van der Waals surface area contributed by atoms with Crippen LogP contribution in [0.25, 0.3) is 0 Å². The number of rotatable bonds is 7. The summed E-state index contributed by atoms with van der Waals surface area (Å²) in [6.45, 7) is 9.28. The molecule has 0 radical (unpaired) electrons. The fraction of sp³-hybridized carbons (Fsp3) is 0.619. The Morgan fingerprint density at radius 1 is 1.46 bits per heavy atom. The predicted octanol–water partition coefficient (Wildman–Crippen LogP) is 4.52. The van der Waals surface area contributed by atoms with E-state index in [1.807, 2.05) is 6.92 Å². The van der Waals surface area contributed by atoms with Crippen LogP contribution >= 0.6 is 0 Å². The summed E-state index contributed by atoms with van der Waals surface area (Å²) in [7, 11) is 0. The number of ether oxygens (including phenoxy) is 2. The van der Waals surface area contributed by atoms with Gasteiger partial charge in [0.1, 0.15) is 17.4 Å². The summed E-state index contributed by atoms with van der Waals surface area (Å²) in [6, 6.07) is 7.35. The standard InChI is InChI=1S/C21H30N2O3/c1-5-26-21(10-6-7-16(4)12-21)20(24)23-19-9-8-18(11-17(19)13-22)25-14-15(2)3/h8-9,11,15-16H,5-7,10,12,14H2,1-4H3,(H,23,24)/t16-,21-/m0/s1. The summed E-state index contributed by atoms with van der Waals surface area (Å²) in [5, 5.41) is 12.4. The van der Waals surface area contributed by atoms with E-state index in [4.69, 9.17) is 9.47 Å².